The van der Waals surface area contributed by atoms with E-state index in [1.807, 2.05) is 0 Å². The maximum atomic E-state index is 12.1. The number of sulfonamides is 1. The number of ether oxygens (including phenoxy) is 1. The summed E-state index contributed by atoms with van der Waals surface area (Å²) in [6, 6.07) is 3.10. The van der Waals surface area contributed by atoms with Crippen LogP contribution in [0.5, 0.6) is 5.88 Å². The number of hydrogen-bond donors (Lipinski definition) is 1. The van der Waals surface area contributed by atoms with E-state index in [0.29, 0.717) is 11.4 Å². The molecule has 9 heteroatoms. The number of anilines is 1. The second kappa shape index (κ2) is 5.10. The first kappa shape index (κ1) is 13.7. The van der Waals surface area contributed by atoms with Crippen LogP contribution in [0.2, 0.25) is 0 Å². The number of aryl methyl sites for hydroxylation is 2. The molecule has 2 aromatic heterocycles. The third kappa shape index (κ3) is 3.18. The van der Waals surface area contributed by atoms with E-state index in [-0.39, 0.29) is 16.0 Å². The molecule has 2 heterocycles. The zero-order chi connectivity index (χ0) is 14.0. The highest BCUT2D eigenvalue weighted by Crippen LogP contribution is 2.22. The van der Waals surface area contributed by atoms with E-state index >= 15 is 0 Å². The Kier molecular flexibility index (Phi) is 3.67. The smallest absolute Gasteiger partial charge is 0.275 e. The van der Waals surface area contributed by atoms with Gasteiger partial charge in [-0.05, 0) is 31.4 Å². The average Bonchev–Trinajstić information content (AvgIpc) is 2.75. The minimum absolute atomic E-state index is 0.0462. The minimum atomic E-state index is -3.74. The molecule has 0 saturated carbocycles. The summed E-state index contributed by atoms with van der Waals surface area (Å²) in [5, 5.41) is 0. The summed E-state index contributed by atoms with van der Waals surface area (Å²) < 4.78 is 35.2. The van der Waals surface area contributed by atoms with Crippen molar-refractivity contribution >= 4 is 27.5 Å². The van der Waals surface area contributed by atoms with E-state index in [0.717, 1.165) is 11.5 Å². The van der Waals surface area contributed by atoms with Crippen LogP contribution in [0.3, 0.4) is 0 Å². The number of rotatable bonds is 4. The number of hydrogen-bond acceptors (Lipinski definition) is 7. The van der Waals surface area contributed by atoms with Gasteiger partial charge in [0.2, 0.25) is 11.8 Å². The lowest BCUT2D eigenvalue weighted by atomic mass is 10.4. The van der Waals surface area contributed by atoms with Crippen molar-refractivity contribution in [2.24, 2.45) is 0 Å². The van der Waals surface area contributed by atoms with Crippen LogP contribution in [-0.4, -0.2) is 29.9 Å². The number of nitrogens with one attached hydrogen (secondary N) is 1. The summed E-state index contributed by atoms with van der Waals surface area (Å²) >= 11 is 0.828. The summed E-state index contributed by atoms with van der Waals surface area (Å²) in [7, 11) is -2.31. The highest BCUT2D eigenvalue weighted by Gasteiger charge is 2.20. The first-order chi connectivity index (χ1) is 8.90. The first-order valence-electron chi connectivity index (χ1n) is 5.26. The predicted octanol–water partition coefficient (Wildman–Crippen LogP) is 1.36. The van der Waals surface area contributed by atoms with Crippen molar-refractivity contribution in [2.45, 2.75) is 18.1 Å². The molecule has 0 spiro atoms. The minimum Gasteiger partial charge on any atom is -0.480 e. The lowest BCUT2D eigenvalue weighted by molar-refractivity contribution is 0.402. The van der Waals surface area contributed by atoms with E-state index in [2.05, 4.69) is 19.1 Å². The molecular weight excluding hydrogens is 288 g/mol. The molecule has 0 fully saturated rings. The molecule has 0 amide bonds. The van der Waals surface area contributed by atoms with Crippen molar-refractivity contribution in [3.05, 3.63) is 23.5 Å². The number of aromatic nitrogens is 3. The van der Waals surface area contributed by atoms with Gasteiger partial charge in [0.05, 0.1) is 7.11 Å². The Morgan fingerprint density at radius 1 is 1.21 bits per heavy atom. The van der Waals surface area contributed by atoms with Gasteiger partial charge in [0.25, 0.3) is 10.0 Å². The standard InChI is InChI=1S/C10H12N4O3S2/c1-6-4-7(2)12-10(11-6)14-19(15,16)9-5-8(17-3)13-18-9/h4-5H,1-3H3,(H,11,12,14). The molecule has 2 rings (SSSR count). The quantitative estimate of drug-likeness (QED) is 0.916. The third-order valence-corrected chi connectivity index (χ3v) is 4.70. The molecule has 1 N–H and O–H groups in total. The van der Waals surface area contributed by atoms with E-state index in [9.17, 15) is 8.42 Å². The molecule has 102 valence electrons. The van der Waals surface area contributed by atoms with Crippen LogP contribution in [-0.2, 0) is 10.0 Å². The largest absolute Gasteiger partial charge is 0.480 e. The highest BCUT2D eigenvalue weighted by molar-refractivity contribution is 7.94. The Bertz CT molecular complexity index is 676. The zero-order valence-corrected chi connectivity index (χ0v) is 12.2. The third-order valence-electron chi connectivity index (χ3n) is 2.15. The number of nitrogens with zero attached hydrogens (tertiary/aromatic N) is 3. The van der Waals surface area contributed by atoms with Crippen molar-refractivity contribution in [2.75, 3.05) is 11.8 Å². The fourth-order valence-electron chi connectivity index (χ4n) is 1.41. The molecule has 0 radical (unpaired) electrons. The maximum absolute atomic E-state index is 12.1. The van der Waals surface area contributed by atoms with Crippen molar-refractivity contribution in [3.8, 4) is 5.88 Å². The topological polar surface area (TPSA) is 94.1 Å². The van der Waals surface area contributed by atoms with Gasteiger partial charge in [0.15, 0.2) is 4.21 Å². The molecule has 0 aliphatic heterocycles. The van der Waals surface area contributed by atoms with Crippen LogP contribution in [0.25, 0.3) is 0 Å². The van der Waals surface area contributed by atoms with Gasteiger partial charge in [-0.25, -0.2) is 23.1 Å². The Hall–Kier alpha value is -1.74. The molecule has 0 unspecified atom stereocenters. The Morgan fingerprint density at radius 3 is 2.37 bits per heavy atom. The molecule has 0 aliphatic rings. The van der Waals surface area contributed by atoms with E-state index in [4.69, 9.17) is 4.74 Å². The molecule has 0 aliphatic carbocycles. The summed E-state index contributed by atoms with van der Waals surface area (Å²) in [5.74, 6) is 0.302. The van der Waals surface area contributed by atoms with Crippen molar-refractivity contribution in [1.29, 1.82) is 0 Å². The molecule has 2 aromatic rings. The average molecular weight is 300 g/mol. The zero-order valence-electron chi connectivity index (χ0n) is 10.5. The van der Waals surface area contributed by atoms with E-state index in [1.54, 1.807) is 19.9 Å². The monoisotopic (exact) mass is 300 g/mol. The fourth-order valence-corrected chi connectivity index (χ4v) is 3.19. The van der Waals surface area contributed by atoms with Gasteiger partial charge < -0.3 is 4.74 Å². The van der Waals surface area contributed by atoms with Crippen LogP contribution in [0.15, 0.2) is 16.3 Å². The summed E-state index contributed by atoms with van der Waals surface area (Å²) in [6.45, 7) is 3.53. The van der Waals surface area contributed by atoms with Crippen molar-refractivity contribution in [3.63, 3.8) is 0 Å². The Balaban J connectivity index is 2.30. The van der Waals surface area contributed by atoms with Crippen LogP contribution in [0.1, 0.15) is 11.4 Å². The summed E-state index contributed by atoms with van der Waals surface area (Å²) in [5.41, 5.74) is 1.37. The van der Waals surface area contributed by atoms with Gasteiger partial charge in [-0.3, -0.25) is 0 Å². The van der Waals surface area contributed by atoms with E-state index in [1.165, 1.54) is 13.2 Å². The van der Waals surface area contributed by atoms with Gasteiger partial charge in [-0.1, -0.05) is 0 Å². The second-order valence-corrected chi connectivity index (χ2v) is 6.48. The molecular formula is C10H12N4O3S2. The van der Waals surface area contributed by atoms with Crippen LogP contribution < -0.4 is 9.46 Å². The maximum Gasteiger partial charge on any atom is 0.275 e. The van der Waals surface area contributed by atoms with Gasteiger partial charge in [0, 0.05) is 17.5 Å². The first-order valence-corrected chi connectivity index (χ1v) is 7.52. The van der Waals surface area contributed by atoms with E-state index < -0.39 is 10.0 Å². The van der Waals surface area contributed by atoms with Crippen LogP contribution in [0.4, 0.5) is 5.95 Å². The van der Waals surface area contributed by atoms with Crippen LogP contribution >= 0.6 is 11.5 Å². The molecule has 0 aromatic carbocycles. The van der Waals surface area contributed by atoms with Gasteiger partial charge in [-0.2, -0.15) is 4.37 Å². The lowest BCUT2D eigenvalue weighted by Crippen LogP contribution is -2.14. The summed E-state index contributed by atoms with van der Waals surface area (Å²) in [6.07, 6.45) is 0. The molecule has 19 heavy (non-hydrogen) atoms. The Labute approximate surface area is 114 Å². The molecule has 0 atom stereocenters. The highest BCUT2D eigenvalue weighted by atomic mass is 32.2. The molecule has 0 bridgehead atoms. The van der Waals surface area contributed by atoms with Crippen molar-refractivity contribution in [1.82, 2.24) is 14.3 Å². The van der Waals surface area contributed by atoms with Gasteiger partial charge in [0.1, 0.15) is 0 Å². The Morgan fingerprint density at radius 2 is 1.84 bits per heavy atom. The lowest BCUT2D eigenvalue weighted by Gasteiger charge is -2.05. The second-order valence-electron chi connectivity index (χ2n) is 3.77. The van der Waals surface area contributed by atoms with Crippen LogP contribution in [0, 0.1) is 13.8 Å². The van der Waals surface area contributed by atoms with Gasteiger partial charge in [-0.15, -0.1) is 0 Å². The summed E-state index contributed by atoms with van der Waals surface area (Å²) in [4.78, 5) is 8.05. The number of methoxy groups -OCH3 is 1. The van der Waals surface area contributed by atoms with Gasteiger partial charge >= 0.3 is 0 Å². The fraction of sp³-hybridized carbons (Fsp3) is 0.300. The molecule has 0 saturated heterocycles. The predicted molar refractivity (Wildman–Crippen MR) is 71.0 cm³/mol. The normalized spacial score (nSPS) is 11.3. The SMILES string of the molecule is COc1cc(S(=O)(=O)Nc2nc(C)cc(C)n2)sn1. The van der Waals surface area contributed by atoms with Crippen molar-refractivity contribution < 1.29 is 13.2 Å². The molecule has 7 nitrogen and oxygen atoms in total.